The lowest BCUT2D eigenvalue weighted by molar-refractivity contribution is 0.0938. The molecule has 0 aromatic heterocycles. The van der Waals surface area contributed by atoms with E-state index in [-0.39, 0.29) is 11.9 Å². The summed E-state index contributed by atoms with van der Waals surface area (Å²) in [6.45, 7) is 4.11. The summed E-state index contributed by atoms with van der Waals surface area (Å²) in [5.41, 5.74) is 2.33. The third kappa shape index (κ3) is 5.59. The zero-order valence-electron chi connectivity index (χ0n) is 15.5. The molecule has 0 saturated carbocycles. The minimum Gasteiger partial charge on any atom is -0.350 e. The minimum absolute atomic E-state index is 0.0468. The molecule has 2 aromatic rings. The zero-order valence-corrected chi connectivity index (χ0v) is 16.3. The van der Waals surface area contributed by atoms with Crippen LogP contribution in [0.4, 0.5) is 5.69 Å². The van der Waals surface area contributed by atoms with Gasteiger partial charge >= 0.3 is 0 Å². The van der Waals surface area contributed by atoms with Crippen LogP contribution in [0.25, 0.3) is 0 Å². The molecule has 1 N–H and O–H groups in total. The molecular weight excluding hydrogens is 348 g/mol. The average Bonchev–Trinajstić information content (AvgIpc) is 2.61. The number of carbonyl (C=O) groups excluding carboxylic acids is 1. The molecule has 0 radical (unpaired) electrons. The lowest BCUT2D eigenvalue weighted by atomic mass is 10.1. The number of nitrogens with zero attached hydrogens (tertiary/aromatic N) is 1. The van der Waals surface area contributed by atoms with Crippen LogP contribution in [0.3, 0.4) is 0 Å². The monoisotopic (exact) mass is 374 g/mol. The number of hydrogen-bond acceptors (Lipinski definition) is 3. The molecule has 0 saturated heterocycles. The standard InChI is InChI=1S/C20H26N2O3S/c1-4-22(26(3,24)25)19-14-12-18(13-15-19)20(23)21-16(2)10-11-17-8-6-5-7-9-17/h5-9,12-16H,4,10-11H2,1-3H3,(H,21,23). The number of hydrogen-bond donors (Lipinski definition) is 1. The number of nitrogens with one attached hydrogen (secondary N) is 1. The van der Waals surface area contributed by atoms with Gasteiger partial charge in [0, 0.05) is 18.2 Å². The van der Waals surface area contributed by atoms with Gasteiger partial charge in [0.15, 0.2) is 0 Å². The topological polar surface area (TPSA) is 66.5 Å². The predicted octanol–water partition coefficient (Wildman–Crippen LogP) is 3.22. The van der Waals surface area contributed by atoms with Gasteiger partial charge in [0.2, 0.25) is 10.0 Å². The Labute approximate surface area is 156 Å². The summed E-state index contributed by atoms with van der Waals surface area (Å²) in [4.78, 5) is 12.4. The lowest BCUT2D eigenvalue weighted by Gasteiger charge is -2.20. The first-order valence-electron chi connectivity index (χ1n) is 8.74. The summed E-state index contributed by atoms with van der Waals surface area (Å²) in [6, 6.07) is 16.8. The Morgan fingerprint density at radius 2 is 1.69 bits per heavy atom. The highest BCUT2D eigenvalue weighted by atomic mass is 32.2. The largest absolute Gasteiger partial charge is 0.350 e. The van der Waals surface area contributed by atoms with E-state index in [0.717, 1.165) is 12.8 Å². The van der Waals surface area contributed by atoms with E-state index in [1.54, 1.807) is 31.2 Å². The lowest BCUT2D eigenvalue weighted by Crippen LogP contribution is -2.33. The van der Waals surface area contributed by atoms with E-state index in [4.69, 9.17) is 0 Å². The van der Waals surface area contributed by atoms with Crippen LogP contribution in [0.2, 0.25) is 0 Å². The fourth-order valence-electron chi connectivity index (χ4n) is 2.79. The highest BCUT2D eigenvalue weighted by molar-refractivity contribution is 7.92. The summed E-state index contributed by atoms with van der Waals surface area (Å²) in [5.74, 6) is -0.153. The molecule has 0 bridgehead atoms. The Kier molecular flexibility index (Phi) is 6.80. The molecule has 0 spiro atoms. The van der Waals surface area contributed by atoms with E-state index >= 15 is 0 Å². The quantitative estimate of drug-likeness (QED) is 0.771. The number of aryl methyl sites for hydroxylation is 1. The summed E-state index contributed by atoms with van der Waals surface area (Å²) in [7, 11) is -3.32. The third-order valence-corrected chi connectivity index (χ3v) is 5.46. The fraction of sp³-hybridized carbons (Fsp3) is 0.350. The summed E-state index contributed by atoms with van der Waals surface area (Å²) in [5, 5.41) is 2.99. The fourth-order valence-corrected chi connectivity index (χ4v) is 3.77. The van der Waals surface area contributed by atoms with Crippen LogP contribution in [-0.4, -0.2) is 33.2 Å². The van der Waals surface area contributed by atoms with Gasteiger partial charge in [-0.25, -0.2) is 8.42 Å². The second-order valence-corrected chi connectivity index (χ2v) is 8.28. The van der Waals surface area contributed by atoms with Crippen LogP contribution in [0.15, 0.2) is 54.6 Å². The average molecular weight is 375 g/mol. The van der Waals surface area contributed by atoms with Crippen molar-refractivity contribution < 1.29 is 13.2 Å². The van der Waals surface area contributed by atoms with E-state index in [1.165, 1.54) is 16.1 Å². The Morgan fingerprint density at radius 3 is 2.23 bits per heavy atom. The highest BCUT2D eigenvalue weighted by Gasteiger charge is 2.16. The van der Waals surface area contributed by atoms with Gasteiger partial charge < -0.3 is 5.32 Å². The SMILES string of the molecule is CCN(c1ccc(C(=O)NC(C)CCc2ccccc2)cc1)S(C)(=O)=O. The van der Waals surface area contributed by atoms with Crippen molar-refractivity contribution >= 4 is 21.6 Å². The maximum Gasteiger partial charge on any atom is 0.251 e. The van der Waals surface area contributed by atoms with E-state index in [0.29, 0.717) is 17.8 Å². The predicted molar refractivity (Wildman–Crippen MR) is 106 cm³/mol. The van der Waals surface area contributed by atoms with Crippen molar-refractivity contribution in [3.8, 4) is 0 Å². The van der Waals surface area contributed by atoms with Crippen molar-refractivity contribution in [1.29, 1.82) is 0 Å². The number of benzene rings is 2. The Hall–Kier alpha value is -2.34. The van der Waals surface area contributed by atoms with E-state index in [9.17, 15) is 13.2 Å². The zero-order chi connectivity index (χ0) is 19.2. The molecule has 0 aliphatic heterocycles. The van der Waals surface area contributed by atoms with Gasteiger partial charge in [-0.3, -0.25) is 9.10 Å². The van der Waals surface area contributed by atoms with E-state index in [2.05, 4.69) is 17.4 Å². The molecule has 1 atom stereocenters. The smallest absolute Gasteiger partial charge is 0.251 e. The molecule has 5 nitrogen and oxygen atoms in total. The number of amides is 1. The van der Waals surface area contributed by atoms with Crippen molar-refractivity contribution in [2.24, 2.45) is 0 Å². The molecule has 0 heterocycles. The van der Waals surface area contributed by atoms with Crippen LogP contribution >= 0.6 is 0 Å². The van der Waals surface area contributed by atoms with Gasteiger partial charge in [-0.1, -0.05) is 30.3 Å². The highest BCUT2D eigenvalue weighted by Crippen LogP contribution is 2.18. The first-order valence-corrected chi connectivity index (χ1v) is 10.6. The Balaban J connectivity index is 1.95. The third-order valence-electron chi connectivity index (χ3n) is 4.19. The molecule has 6 heteroatoms. The van der Waals surface area contributed by atoms with Crippen molar-refractivity contribution in [2.75, 3.05) is 17.1 Å². The molecule has 2 rings (SSSR count). The van der Waals surface area contributed by atoms with Crippen LogP contribution in [0, 0.1) is 0 Å². The van der Waals surface area contributed by atoms with Crippen LogP contribution in [0.1, 0.15) is 36.2 Å². The molecule has 1 amide bonds. The maximum atomic E-state index is 12.4. The van der Waals surface area contributed by atoms with Gasteiger partial charge in [0.1, 0.15) is 0 Å². The number of anilines is 1. The molecule has 0 fully saturated rings. The Morgan fingerprint density at radius 1 is 1.08 bits per heavy atom. The number of rotatable bonds is 8. The van der Waals surface area contributed by atoms with Crippen molar-refractivity contribution in [3.05, 3.63) is 65.7 Å². The van der Waals surface area contributed by atoms with Gasteiger partial charge in [-0.2, -0.15) is 0 Å². The first kappa shape index (κ1) is 20.0. The normalized spacial score (nSPS) is 12.4. The number of sulfonamides is 1. The molecule has 140 valence electrons. The number of carbonyl (C=O) groups is 1. The van der Waals surface area contributed by atoms with Crippen LogP contribution < -0.4 is 9.62 Å². The van der Waals surface area contributed by atoms with Crippen LogP contribution in [0.5, 0.6) is 0 Å². The second-order valence-electron chi connectivity index (χ2n) is 6.37. The van der Waals surface area contributed by atoms with E-state index < -0.39 is 10.0 Å². The Bertz CT molecular complexity index is 818. The maximum absolute atomic E-state index is 12.4. The van der Waals surface area contributed by atoms with Crippen molar-refractivity contribution in [3.63, 3.8) is 0 Å². The van der Waals surface area contributed by atoms with Gasteiger partial charge in [0.05, 0.1) is 11.9 Å². The van der Waals surface area contributed by atoms with Gasteiger partial charge in [0.25, 0.3) is 5.91 Å². The summed E-state index contributed by atoms with van der Waals surface area (Å²) < 4.78 is 24.8. The van der Waals surface area contributed by atoms with Crippen LogP contribution in [-0.2, 0) is 16.4 Å². The molecular formula is C20H26N2O3S. The van der Waals surface area contributed by atoms with Crippen molar-refractivity contribution in [2.45, 2.75) is 32.7 Å². The van der Waals surface area contributed by atoms with Crippen molar-refractivity contribution in [1.82, 2.24) is 5.32 Å². The summed E-state index contributed by atoms with van der Waals surface area (Å²) >= 11 is 0. The molecule has 26 heavy (non-hydrogen) atoms. The van der Waals surface area contributed by atoms with Gasteiger partial charge in [-0.15, -0.1) is 0 Å². The summed E-state index contributed by atoms with van der Waals surface area (Å²) in [6.07, 6.45) is 2.93. The molecule has 0 aliphatic carbocycles. The minimum atomic E-state index is -3.32. The molecule has 1 unspecified atom stereocenters. The molecule has 2 aromatic carbocycles. The second kappa shape index (κ2) is 8.85. The first-order chi connectivity index (χ1) is 12.3. The molecule has 0 aliphatic rings. The van der Waals surface area contributed by atoms with Gasteiger partial charge in [-0.05, 0) is 56.5 Å². The van der Waals surface area contributed by atoms with E-state index in [1.807, 2.05) is 25.1 Å².